The predicted octanol–water partition coefficient (Wildman–Crippen LogP) is 5.02. The van der Waals surface area contributed by atoms with E-state index in [1.165, 1.54) is 53.4 Å². The van der Waals surface area contributed by atoms with Crippen LogP contribution >= 0.6 is 11.6 Å². The van der Waals surface area contributed by atoms with E-state index in [0.717, 1.165) is 4.31 Å². The maximum absolute atomic E-state index is 14.0. The van der Waals surface area contributed by atoms with Gasteiger partial charge in [-0.2, -0.15) is 0 Å². The molecule has 214 valence electrons. The number of rotatable bonds is 13. The van der Waals surface area contributed by atoms with Gasteiger partial charge in [-0.05, 0) is 74.4 Å². The van der Waals surface area contributed by atoms with Gasteiger partial charge in [0.15, 0.2) is 0 Å². The van der Waals surface area contributed by atoms with Crippen molar-refractivity contribution in [1.29, 1.82) is 0 Å². The molecule has 3 aromatic rings. The van der Waals surface area contributed by atoms with Crippen molar-refractivity contribution in [2.24, 2.45) is 0 Å². The summed E-state index contributed by atoms with van der Waals surface area (Å²) in [4.78, 5) is 28.2. The SMILES string of the molecule is CCNC(=O)C(CC)N(Cc1ccc(F)cc1)C(=O)CN(c1ccccc1OCC)S(=O)(=O)c1ccc(Cl)cc1. The predicted molar refractivity (Wildman–Crippen MR) is 153 cm³/mol. The molecule has 3 aromatic carbocycles. The third-order valence-corrected chi connectivity index (χ3v) is 8.14. The molecule has 1 unspecified atom stereocenters. The number of anilines is 1. The first-order chi connectivity index (χ1) is 19.1. The van der Waals surface area contributed by atoms with Crippen LogP contribution in [-0.2, 0) is 26.2 Å². The van der Waals surface area contributed by atoms with E-state index in [1.807, 2.05) is 0 Å². The Balaban J connectivity index is 2.10. The standard InChI is InChI=1S/C29H33ClFN3O5S/c1-4-25(29(36)32-5-2)33(19-21-11-15-23(31)16-12-21)28(35)20-34(26-9-7-8-10-27(26)39-6-3)40(37,38)24-17-13-22(30)14-18-24/h7-18,25H,4-6,19-20H2,1-3H3,(H,32,36). The van der Waals surface area contributed by atoms with E-state index in [2.05, 4.69) is 5.32 Å². The van der Waals surface area contributed by atoms with Gasteiger partial charge in [0.1, 0.15) is 24.2 Å². The number of para-hydroxylation sites is 2. The lowest BCUT2D eigenvalue weighted by molar-refractivity contribution is -0.140. The number of benzene rings is 3. The summed E-state index contributed by atoms with van der Waals surface area (Å²) in [5, 5.41) is 3.10. The Morgan fingerprint density at radius 1 is 0.975 bits per heavy atom. The van der Waals surface area contributed by atoms with Crippen LogP contribution in [0.25, 0.3) is 0 Å². The third-order valence-electron chi connectivity index (χ3n) is 6.12. The highest BCUT2D eigenvalue weighted by Gasteiger charge is 2.34. The minimum absolute atomic E-state index is 0.0311. The van der Waals surface area contributed by atoms with Crippen LogP contribution in [0.1, 0.15) is 32.8 Å². The van der Waals surface area contributed by atoms with Gasteiger partial charge in [0.2, 0.25) is 11.8 Å². The molecule has 0 aliphatic carbocycles. The summed E-state index contributed by atoms with van der Waals surface area (Å²) in [6.07, 6.45) is 0.276. The fourth-order valence-electron chi connectivity index (χ4n) is 4.19. The number of sulfonamides is 1. The number of nitrogens with zero attached hydrogens (tertiary/aromatic N) is 2. The van der Waals surface area contributed by atoms with Gasteiger partial charge in [-0.3, -0.25) is 13.9 Å². The van der Waals surface area contributed by atoms with Crippen LogP contribution in [0.2, 0.25) is 5.02 Å². The average Bonchev–Trinajstić information content (AvgIpc) is 2.93. The molecule has 0 fully saturated rings. The molecule has 0 saturated carbocycles. The van der Waals surface area contributed by atoms with Gasteiger partial charge >= 0.3 is 0 Å². The monoisotopic (exact) mass is 589 g/mol. The van der Waals surface area contributed by atoms with Crippen molar-refractivity contribution < 1.29 is 27.1 Å². The summed E-state index contributed by atoms with van der Waals surface area (Å²) in [5.74, 6) is -1.16. The number of carbonyl (C=O) groups is 2. The van der Waals surface area contributed by atoms with E-state index < -0.39 is 34.3 Å². The first kappa shape index (κ1) is 30.9. The first-order valence-electron chi connectivity index (χ1n) is 12.9. The van der Waals surface area contributed by atoms with Crippen molar-refractivity contribution >= 4 is 39.1 Å². The number of amides is 2. The Kier molecular flexibility index (Phi) is 10.9. The molecule has 3 rings (SSSR count). The van der Waals surface area contributed by atoms with Crippen molar-refractivity contribution in [3.8, 4) is 5.75 Å². The second kappa shape index (κ2) is 14.1. The summed E-state index contributed by atoms with van der Waals surface area (Å²) in [6, 6.07) is 16.8. The molecule has 0 aromatic heterocycles. The van der Waals surface area contributed by atoms with Gasteiger partial charge in [0.05, 0.1) is 17.2 Å². The van der Waals surface area contributed by atoms with Gasteiger partial charge < -0.3 is 15.0 Å². The number of nitrogens with one attached hydrogen (secondary N) is 1. The molecule has 1 atom stereocenters. The van der Waals surface area contributed by atoms with Crippen LogP contribution in [0.3, 0.4) is 0 Å². The minimum Gasteiger partial charge on any atom is -0.492 e. The molecular formula is C29H33ClFN3O5S. The largest absolute Gasteiger partial charge is 0.492 e. The van der Waals surface area contributed by atoms with Gasteiger partial charge in [-0.25, -0.2) is 12.8 Å². The molecule has 0 radical (unpaired) electrons. The number of ether oxygens (including phenoxy) is 1. The van der Waals surface area contributed by atoms with Crippen LogP contribution < -0.4 is 14.4 Å². The maximum atomic E-state index is 14.0. The average molecular weight is 590 g/mol. The lowest BCUT2D eigenvalue weighted by Crippen LogP contribution is -2.52. The highest BCUT2D eigenvalue weighted by Crippen LogP contribution is 2.33. The molecule has 0 aliphatic rings. The summed E-state index contributed by atoms with van der Waals surface area (Å²) < 4.78 is 48.2. The van der Waals surface area contributed by atoms with Crippen LogP contribution in [0, 0.1) is 5.82 Å². The van der Waals surface area contributed by atoms with Gasteiger partial charge in [0.25, 0.3) is 10.0 Å². The lowest BCUT2D eigenvalue weighted by atomic mass is 10.1. The van der Waals surface area contributed by atoms with E-state index in [1.54, 1.807) is 45.0 Å². The fourth-order valence-corrected chi connectivity index (χ4v) is 5.74. The Morgan fingerprint density at radius 2 is 1.62 bits per heavy atom. The first-order valence-corrected chi connectivity index (χ1v) is 14.8. The number of halogens is 2. The second-order valence-electron chi connectivity index (χ2n) is 8.83. The van der Waals surface area contributed by atoms with Crippen molar-refractivity contribution in [2.75, 3.05) is 24.0 Å². The number of hydrogen-bond donors (Lipinski definition) is 1. The molecular weight excluding hydrogens is 557 g/mol. The van der Waals surface area contributed by atoms with Gasteiger partial charge in [0, 0.05) is 18.1 Å². The third kappa shape index (κ3) is 7.51. The van der Waals surface area contributed by atoms with Gasteiger partial charge in [-0.1, -0.05) is 42.8 Å². The Morgan fingerprint density at radius 3 is 2.23 bits per heavy atom. The van der Waals surface area contributed by atoms with Crippen molar-refractivity contribution in [1.82, 2.24) is 10.2 Å². The molecule has 11 heteroatoms. The molecule has 2 amide bonds. The van der Waals surface area contributed by atoms with E-state index in [4.69, 9.17) is 16.3 Å². The fraction of sp³-hybridized carbons (Fsp3) is 0.310. The van der Waals surface area contributed by atoms with Crippen molar-refractivity contribution in [3.63, 3.8) is 0 Å². The maximum Gasteiger partial charge on any atom is 0.264 e. The van der Waals surface area contributed by atoms with Crippen LogP contribution in [0.5, 0.6) is 5.75 Å². The number of hydrogen-bond acceptors (Lipinski definition) is 5. The molecule has 1 N–H and O–H groups in total. The summed E-state index contributed by atoms with van der Waals surface area (Å²) >= 11 is 5.99. The van der Waals surface area contributed by atoms with Crippen LogP contribution in [-0.4, -0.2) is 50.9 Å². The van der Waals surface area contributed by atoms with Crippen molar-refractivity contribution in [2.45, 2.75) is 44.7 Å². The minimum atomic E-state index is -4.28. The Labute approximate surface area is 239 Å². The topological polar surface area (TPSA) is 96.0 Å². The van der Waals surface area contributed by atoms with E-state index in [9.17, 15) is 22.4 Å². The zero-order chi connectivity index (χ0) is 29.3. The number of carbonyl (C=O) groups excluding carboxylic acids is 2. The highest BCUT2D eigenvalue weighted by atomic mass is 35.5. The summed E-state index contributed by atoms with van der Waals surface area (Å²) in [6.45, 7) is 5.27. The quantitative estimate of drug-likeness (QED) is 0.302. The van der Waals surface area contributed by atoms with E-state index in [-0.39, 0.29) is 41.8 Å². The molecule has 0 saturated heterocycles. The van der Waals surface area contributed by atoms with E-state index in [0.29, 0.717) is 17.1 Å². The molecule has 0 heterocycles. The second-order valence-corrected chi connectivity index (χ2v) is 11.1. The highest BCUT2D eigenvalue weighted by molar-refractivity contribution is 7.92. The molecule has 0 spiro atoms. The van der Waals surface area contributed by atoms with Gasteiger partial charge in [-0.15, -0.1) is 0 Å². The zero-order valence-corrected chi connectivity index (χ0v) is 24.2. The van der Waals surface area contributed by atoms with Crippen LogP contribution in [0.4, 0.5) is 10.1 Å². The summed E-state index contributed by atoms with van der Waals surface area (Å²) in [7, 11) is -4.28. The molecule has 0 aliphatic heterocycles. The van der Waals surface area contributed by atoms with Crippen LogP contribution in [0.15, 0.2) is 77.7 Å². The summed E-state index contributed by atoms with van der Waals surface area (Å²) in [5.41, 5.74) is 0.750. The normalized spacial score (nSPS) is 11.9. The molecule has 0 bridgehead atoms. The van der Waals surface area contributed by atoms with Crippen molar-refractivity contribution in [3.05, 3.63) is 89.2 Å². The number of likely N-dealkylation sites (N-methyl/N-ethyl adjacent to an activating group) is 1. The molecule has 8 nitrogen and oxygen atoms in total. The lowest BCUT2D eigenvalue weighted by Gasteiger charge is -2.33. The smallest absolute Gasteiger partial charge is 0.264 e. The van der Waals surface area contributed by atoms with E-state index >= 15 is 0 Å². The Hall–Kier alpha value is -3.63. The molecule has 40 heavy (non-hydrogen) atoms. The zero-order valence-electron chi connectivity index (χ0n) is 22.6. The Bertz CT molecular complexity index is 1400.